The molecule has 2 aromatic carbocycles. The lowest BCUT2D eigenvalue weighted by atomic mass is 10.2. The molecule has 0 fully saturated rings. The summed E-state index contributed by atoms with van der Waals surface area (Å²) in [6.45, 7) is 0. The first kappa shape index (κ1) is 15.7. The van der Waals surface area contributed by atoms with Crippen LogP contribution in [0.1, 0.15) is 10.4 Å². The Labute approximate surface area is 128 Å². The van der Waals surface area contributed by atoms with Crippen molar-refractivity contribution in [3.63, 3.8) is 0 Å². The Hall–Kier alpha value is -1.66. The molecule has 2 aromatic rings. The number of hydrogen-bond donors (Lipinski definition) is 1. The molecule has 0 aliphatic heterocycles. The van der Waals surface area contributed by atoms with Crippen molar-refractivity contribution in [3.8, 4) is 0 Å². The predicted molar refractivity (Wildman–Crippen MR) is 81.8 cm³/mol. The van der Waals surface area contributed by atoms with Crippen LogP contribution in [0.3, 0.4) is 0 Å². The molecule has 3 nitrogen and oxygen atoms in total. The molecule has 0 saturated heterocycles. The number of benzene rings is 2. The van der Waals surface area contributed by atoms with Gasteiger partial charge in [-0.15, -0.1) is 11.8 Å². The largest absolute Gasteiger partial charge is 0.478 e. The van der Waals surface area contributed by atoms with Crippen LogP contribution in [-0.2, 0) is 10.8 Å². The molecule has 110 valence electrons. The van der Waals surface area contributed by atoms with E-state index < -0.39 is 28.1 Å². The van der Waals surface area contributed by atoms with Gasteiger partial charge in [0.2, 0.25) is 0 Å². The molecular weight excluding hydrogens is 311 g/mol. The first-order chi connectivity index (χ1) is 10.1. The topological polar surface area (TPSA) is 54.4 Å². The van der Waals surface area contributed by atoms with Crippen molar-refractivity contribution >= 4 is 28.5 Å². The Morgan fingerprint density at radius 2 is 1.90 bits per heavy atom. The summed E-state index contributed by atoms with van der Waals surface area (Å²) in [6.07, 6.45) is 0. The summed E-state index contributed by atoms with van der Waals surface area (Å²) in [5, 5.41) is 8.85. The van der Waals surface area contributed by atoms with E-state index in [-0.39, 0.29) is 0 Å². The van der Waals surface area contributed by atoms with E-state index in [4.69, 9.17) is 5.11 Å². The Morgan fingerprint density at radius 1 is 1.19 bits per heavy atom. The highest BCUT2D eigenvalue weighted by atomic mass is 32.2. The highest BCUT2D eigenvalue weighted by Gasteiger charge is 2.13. The summed E-state index contributed by atoms with van der Waals surface area (Å²) in [4.78, 5) is 12.3. The average molecular weight is 324 g/mol. The summed E-state index contributed by atoms with van der Waals surface area (Å²) in [6, 6.07) is 13.3. The van der Waals surface area contributed by atoms with Crippen molar-refractivity contribution < 1.29 is 18.5 Å². The van der Waals surface area contributed by atoms with Gasteiger partial charge in [0.05, 0.1) is 16.4 Å². The molecule has 0 aromatic heterocycles. The fraction of sp³-hybridized carbons (Fsp3) is 0.133. The van der Waals surface area contributed by atoms with E-state index in [1.807, 2.05) is 30.3 Å². The van der Waals surface area contributed by atoms with Crippen molar-refractivity contribution in [3.05, 3.63) is 59.9 Å². The first-order valence-corrected chi connectivity index (χ1v) is 8.47. The second-order valence-electron chi connectivity index (χ2n) is 4.16. The summed E-state index contributed by atoms with van der Waals surface area (Å²) < 4.78 is 25.4. The van der Waals surface area contributed by atoms with E-state index >= 15 is 0 Å². The van der Waals surface area contributed by atoms with Gasteiger partial charge in [0, 0.05) is 21.3 Å². The fourth-order valence-corrected chi connectivity index (χ4v) is 3.91. The minimum atomic E-state index is -1.36. The Balaban J connectivity index is 1.97. The van der Waals surface area contributed by atoms with Crippen molar-refractivity contribution in [2.45, 2.75) is 9.79 Å². The van der Waals surface area contributed by atoms with Crippen LogP contribution in [0, 0.1) is 5.82 Å². The number of hydrogen-bond acceptors (Lipinski definition) is 3. The molecule has 21 heavy (non-hydrogen) atoms. The number of rotatable bonds is 6. The first-order valence-electron chi connectivity index (χ1n) is 6.17. The third-order valence-corrected chi connectivity index (χ3v) is 5.34. The zero-order valence-corrected chi connectivity index (χ0v) is 12.6. The lowest BCUT2D eigenvalue weighted by Gasteiger charge is -2.05. The zero-order valence-electron chi connectivity index (χ0n) is 11.0. The SMILES string of the molecule is O=C(O)c1cc(S(=O)CCSc2ccccc2)ccc1F. The number of aromatic carboxylic acids is 1. The number of carboxylic acid groups (broad SMARTS) is 1. The van der Waals surface area contributed by atoms with Crippen LogP contribution >= 0.6 is 11.8 Å². The van der Waals surface area contributed by atoms with E-state index in [2.05, 4.69) is 0 Å². The molecule has 0 amide bonds. The fourth-order valence-electron chi connectivity index (χ4n) is 1.68. The predicted octanol–water partition coefficient (Wildman–Crippen LogP) is 3.42. The second-order valence-corrected chi connectivity index (χ2v) is 6.90. The molecule has 6 heteroatoms. The van der Waals surface area contributed by atoms with Gasteiger partial charge in [-0.05, 0) is 30.3 Å². The van der Waals surface area contributed by atoms with Gasteiger partial charge < -0.3 is 5.11 Å². The van der Waals surface area contributed by atoms with Gasteiger partial charge in [0.25, 0.3) is 0 Å². The van der Waals surface area contributed by atoms with Crippen LogP contribution in [-0.4, -0.2) is 26.8 Å². The molecule has 1 atom stereocenters. The Bertz CT molecular complexity index is 659. The number of carboxylic acids is 1. The summed E-state index contributed by atoms with van der Waals surface area (Å²) in [7, 11) is -1.34. The molecule has 0 saturated carbocycles. The smallest absolute Gasteiger partial charge is 0.338 e. The van der Waals surface area contributed by atoms with Crippen LogP contribution < -0.4 is 0 Å². The Kier molecular flexibility index (Phi) is 5.52. The number of thioether (sulfide) groups is 1. The summed E-state index contributed by atoms with van der Waals surface area (Å²) >= 11 is 1.57. The van der Waals surface area contributed by atoms with Gasteiger partial charge in [-0.1, -0.05) is 18.2 Å². The molecule has 1 unspecified atom stereocenters. The van der Waals surface area contributed by atoms with Crippen LogP contribution in [0.15, 0.2) is 58.3 Å². The van der Waals surface area contributed by atoms with Gasteiger partial charge in [-0.25, -0.2) is 9.18 Å². The van der Waals surface area contributed by atoms with Crippen LogP contribution in [0.2, 0.25) is 0 Å². The summed E-state index contributed by atoms with van der Waals surface area (Å²) in [5.74, 6) is -1.16. The highest BCUT2D eigenvalue weighted by Crippen LogP contribution is 2.19. The molecule has 1 N–H and O–H groups in total. The zero-order chi connectivity index (χ0) is 15.2. The maximum atomic E-state index is 13.3. The van der Waals surface area contributed by atoms with Crippen molar-refractivity contribution in [2.24, 2.45) is 0 Å². The maximum absolute atomic E-state index is 13.3. The minimum absolute atomic E-state index is 0.336. The van der Waals surface area contributed by atoms with Crippen molar-refractivity contribution in [1.29, 1.82) is 0 Å². The molecular formula is C15H13FO3S2. The van der Waals surface area contributed by atoms with Gasteiger partial charge >= 0.3 is 5.97 Å². The van der Waals surface area contributed by atoms with E-state index in [0.717, 1.165) is 17.0 Å². The summed E-state index contributed by atoms with van der Waals surface area (Å²) in [5.41, 5.74) is -0.448. The second kappa shape index (κ2) is 7.38. The van der Waals surface area contributed by atoms with Crippen LogP contribution in [0.4, 0.5) is 4.39 Å². The van der Waals surface area contributed by atoms with Crippen LogP contribution in [0.25, 0.3) is 0 Å². The van der Waals surface area contributed by atoms with E-state index in [1.54, 1.807) is 11.8 Å². The maximum Gasteiger partial charge on any atom is 0.338 e. The van der Waals surface area contributed by atoms with Crippen molar-refractivity contribution in [2.75, 3.05) is 11.5 Å². The monoisotopic (exact) mass is 324 g/mol. The normalized spacial score (nSPS) is 12.0. The van der Waals surface area contributed by atoms with Gasteiger partial charge in [-0.3, -0.25) is 4.21 Å². The van der Waals surface area contributed by atoms with Gasteiger partial charge in [0.15, 0.2) is 0 Å². The van der Waals surface area contributed by atoms with E-state index in [1.165, 1.54) is 6.07 Å². The molecule has 0 radical (unpaired) electrons. The highest BCUT2D eigenvalue weighted by molar-refractivity contribution is 8.00. The quantitative estimate of drug-likeness (QED) is 0.827. The van der Waals surface area contributed by atoms with Gasteiger partial charge in [0.1, 0.15) is 5.82 Å². The lowest BCUT2D eigenvalue weighted by molar-refractivity contribution is 0.0691. The number of carbonyl (C=O) groups is 1. The molecule has 0 bridgehead atoms. The third kappa shape index (κ3) is 4.41. The lowest BCUT2D eigenvalue weighted by Crippen LogP contribution is -2.05. The van der Waals surface area contributed by atoms with Crippen molar-refractivity contribution in [1.82, 2.24) is 0 Å². The minimum Gasteiger partial charge on any atom is -0.478 e. The van der Waals surface area contributed by atoms with E-state index in [9.17, 15) is 13.4 Å². The van der Waals surface area contributed by atoms with Gasteiger partial charge in [-0.2, -0.15) is 0 Å². The molecule has 2 rings (SSSR count). The molecule has 0 aliphatic carbocycles. The van der Waals surface area contributed by atoms with Crippen LogP contribution in [0.5, 0.6) is 0 Å². The van der Waals surface area contributed by atoms with E-state index in [0.29, 0.717) is 16.4 Å². The average Bonchev–Trinajstić information content (AvgIpc) is 2.48. The molecule has 0 heterocycles. The standard InChI is InChI=1S/C15H13FO3S2/c16-14-7-6-12(10-13(14)15(17)18)21(19)9-8-20-11-4-2-1-3-5-11/h1-7,10H,8-9H2,(H,17,18). The Morgan fingerprint density at radius 3 is 2.57 bits per heavy atom. The molecule has 0 spiro atoms. The molecule has 0 aliphatic rings. The number of halogens is 1. The third-order valence-electron chi connectivity index (χ3n) is 2.71.